The first-order valence-corrected chi connectivity index (χ1v) is 7.08. The first-order chi connectivity index (χ1) is 9.04. The van der Waals surface area contributed by atoms with Gasteiger partial charge in [0.15, 0.2) is 0 Å². The van der Waals surface area contributed by atoms with Gasteiger partial charge in [-0.1, -0.05) is 28.1 Å². The molecule has 106 valence electrons. The van der Waals surface area contributed by atoms with Gasteiger partial charge in [-0.2, -0.15) is 0 Å². The fourth-order valence-electron chi connectivity index (χ4n) is 1.84. The van der Waals surface area contributed by atoms with Crippen LogP contribution in [0.3, 0.4) is 0 Å². The number of likely N-dealkylation sites (N-methyl/N-ethyl adjacent to an activating group) is 1. The Morgan fingerprint density at radius 1 is 1.53 bits per heavy atom. The molecule has 0 aliphatic heterocycles. The van der Waals surface area contributed by atoms with Crippen molar-refractivity contribution < 1.29 is 9.53 Å². The Kier molecular flexibility index (Phi) is 7.05. The van der Waals surface area contributed by atoms with Gasteiger partial charge in [-0.3, -0.25) is 4.79 Å². The van der Waals surface area contributed by atoms with Crippen LogP contribution >= 0.6 is 15.9 Å². The molecule has 0 heterocycles. The van der Waals surface area contributed by atoms with Crippen LogP contribution < -0.4 is 5.73 Å². The molecule has 0 spiro atoms. The summed E-state index contributed by atoms with van der Waals surface area (Å²) in [6, 6.07) is 7.45. The molecule has 1 atom stereocenters. The maximum Gasteiger partial charge on any atom is 0.239 e. The molecule has 4 nitrogen and oxygen atoms in total. The number of hydrogen-bond donors (Lipinski definition) is 1. The number of ether oxygens (including phenoxy) is 1. The number of carbonyl (C=O) groups excluding carboxylic acids is 1. The summed E-state index contributed by atoms with van der Waals surface area (Å²) in [6.07, 6.45) is 1.45. The SMILES string of the molecule is COCCCC(N)C(=O)N(C)Cc1cccc(Br)c1. The van der Waals surface area contributed by atoms with Gasteiger partial charge in [-0.15, -0.1) is 0 Å². The lowest BCUT2D eigenvalue weighted by atomic mass is 10.1. The third kappa shape index (κ3) is 5.72. The second-order valence-electron chi connectivity index (χ2n) is 4.57. The number of rotatable bonds is 7. The average molecular weight is 329 g/mol. The molecule has 0 aliphatic rings. The molecule has 5 heteroatoms. The maximum atomic E-state index is 12.1. The predicted molar refractivity (Wildman–Crippen MR) is 79.7 cm³/mol. The van der Waals surface area contributed by atoms with E-state index in [0.717, 1.165) is 16.5 Å². The minimum absolute atomic E-state index is 0.0314. The number of nitrogens with two attached hydrogens (primary N) is 1. The fourth-order valence-corrected chi connectivity index (χ4v) is 2.29. The summed E-state index contributed by atoms with van der Waals surface area (Å²) in [5.41, 5.74) is 6.96. The smallest absolute Gasteiger partial charge is 0.239 e. The van der Waals surface area contributed by atoms with Crippen LogP contribution in [0.4, 0.5) is 0 Å². The highest BCUT2D eigenvalue weighted by atomic mass is 79.9. The first kappa shape index (κ1) is 16.1. The number of hydrogen-bond acceptors (Lipinski definition) is 3. The fraction of sp³-hybridized carbons (Fsp3) is 0.500. The van der Waals surface area contributed by atoms with Crippen molar-refractivity contribution in [2.45, 2.75) is 25.4 Å². The van der Waals surface area contributed by atoms with Gasteiger partial charge in [-0.25, -0.2) is 0 Å². The Balaban J connectivity index is 2.48. The van der Waals surface area contributed by atoms with Crippen molar-refractivity contribution in [3.8, 4) is 0 Å². The zero-order valence-electron chi connectivity index (χ0n) is 11.4. The Morgan fingerprint density at radius 3 is 2.89 bits per heavy atom. The van der Waals surface area contributed by atoms with Crippen LogP contribution in [0.1, 0.15) is 18.4 Å². The molecular formula is C14H21BrN2O2. The van der Waals surface area contributed by atoms with E-state index in [-0.39, 0.29) is 5.91 Å². The molecule has 0 aliphatic carbocycles. The van der Waals surface area contributed by atoms with Crippen molar-refractivity contribution in [3.05, 3.63) is 34.3 Å². The van der Waals surface area contributed by atoms with E-state index in [2.05, 4.69) is 15.9 Å². The minimum atomic E-state index is -0.452. The number of carbonyl (C=O) groups is 1. The van der Waals surface area contributed by atoms with Crippen molar-refractivity contribution in [2.24, 2.45) is 5.73 Å². The molecular weight excluding hydrogens is 308 g/mol. The standard InChI is InChI=1S/C14H21BrN2O2/c1-17(10-11-5-3-6-12(15)9-11)14(18)13(16)7-4-8-19-2/h3,5-6,9,13H,4,7-8,10,16H2,1-2H3. The number of amides is 1. The molecule has 19 heavy (non-hydrogen) atoms. The van der Waals surface area contributed by atoms with Gasteiger partial charge in [0.2, 0.25) is 5.91 Å². The van der Waals surface area contributed by atoms with Crippen LogP contribution in [0.15, 0.2) is 28.7 Å². The third-order valence-corrected chi connectivity index (χ3v) is 3.36. The van der Waals surface area contributed by atoms with Gasteiger partial charge in [-0.05, 0) is 30.5 Å². The Bertz CT molecular complexity index is 412. The molecule has 0 bridgehead atoms. The van der Waals surface area contributed by atoms with Crippen molar-refractivity contribution in [3.63, 3.8) is 0 Å². The highest BCUT2D eigenvalue weighted by Gasteiger charge is 2.17. The van der Waals surface area contributed by atoms with E-state index in [1.807, 2.05) is 24.3 Å². The normalized spacial score (nSPS) is 12.2. The minimum Gasteiger partial charge on any atom is -0.385 e. The van der Waals surface area contributed by atoms with Gasteiger partial charge in [0.25, 0.3) is 0 Å². The van der Waals surface area contributed by atoms with Crippen LogP contribution in [0, 0.1) is 0 Å². The molecule has 2 N–H and O–H groups in total. The lowest BCUT2D eigenvalue weighted by Crippen LogP contribution is -2.41. The summed E-state index contributed by atoms with van der Waals surface area (Å²) < 4.78 is 5.97. The number of nitrogens with zero attached hydrogens (tertiary/aromatic N) is 1. The van der Waals surface area contributed by atoms with E-state index in [0.29, 0.717) is 19.6 Å². The van der Waals surface area contributed by atoms with E-state index in [9.17, 15) is 4.79 Å². The van der Waals surface area contributed by atoms with Crippen molar-refractivity contribution >= 4 is 21.8 Å². The van der Waals surface area contributed by atoms with E-state index in [4.69, 9.17) is 10.5 Å². The van der Waals surface area contributed by atoms with Crippen molar-refractivity contribution in [1.29, 1.82) is 0 Å². The Labute approximate surface area is 123 Å². The second kappa shape index (κ2) is 8.30. The van der Waals surface area contributed by atoms with Crippen LogP contribution in [0.2, 0.25) is 0 Å². The summed E-state index contributed by atoms with van der Waals surface area (Å²) in [4.78, 5) is 13.7. The third-order valence-electron chi connectivity index (χ3n) is 2.87. The lowest BCUT2D eigenvalue weighted by Gasteiger charge is -2.21. The molecule has 0 radical (unpaired) electrons. The average Bonchev–Trinajstić information content (AvgIpc) is 2.38. The van der Waals surface area contributed by atoms with E-state index < -0.39 is 6.04 Å². The van der Waals surface area contributed by atoms with Crippen molar-refractivity contribution in [1.82, 2.24) is 4.90 Å². The van der Waals surface area contributed by atoms with Gasteiger partial charge in [0, 0.05) is 31.8 Å². The summed E-state index contributed by atoms with van der Waals surface area (Å²) >= 11 is 3.42. The summed E-state index contributed by atoms with van der Waals surface area (Å²) in [5, 5.41) is 0. The number of halogens is 1. The zero-order chi connectivity index (χ0) is 14.3. The predicted octanol–water partition coefficient (Wildman–Crippen LogP) is 2.16. The molecule has 0 aromatic heterocycles. The molecule has 1 amide bonds. The van der Waals surface area contributed by atoms with E-state index >= 15 is 0 Å². The number of methoxy groups -OCH3 is 1. The zero-order valence-corrected chi connectivity index (χ0v) is 13.0. The Morgan fingerprint density at radius 2 is 2.26 bits per heavy atom. The van der Waals surface area contributed by atoms with E-state index in [1.54, 1.807) is 19.1 Å². The van der Waals surface area contributed by atoms with E-state index in [1.165, 1.54) is 0 Å². The van der Waals surface area contributed by atoms with Crippen LogP contribution in [-0.4, -0.2) is 37.6 Å². The summed E-state index contributed by atoms with van der Waals surface area (Å²) in [7, 11) is 3.42. The number of benzene rings is 1. The molecule has 0 fully saturated rings. The van der Waals surface area contributed by atoms with Gasteiger partial charge in [0.05, 0.1) is 6.04 Å². The van der Waals surface area contributed by atoms with Crippen LogP contribution in [-0.2, 0) is 16.1 Å². The second-order valence-corrected chi connectivity index (χ2v) is 5.48. The topological polar surface area (TPSA) is 55.6 Å². The van der Waals surface area contributed by atoms with Gasteiger partial charge >= 0.3 is 0 Å². The molecule has 1 rings (SSSR count). The van der Waals surface area contributed by atoms with Crippen LogP contribution in [0.25, 0.3) is 0 Å². The van der Waals surface area contributed by atoms with Crippen molar-refractivity contribution in [2.75, 3.05) is 20.8 Å². The summed E-state index contributed by atoms with van der Waals surface area (Å²) in [6.45, 7) is 1.20. The molecule has 1 aromatic rings. The quantitative estimate of drug-likeness (QED) is 0.780. The largest absolute Gasteiger partial charge is 0.385 e. The summed E-state index contributed by atoms with van der Waals surface area (Å²) in [5.74, 6) is -0.0314. The lowest BCUT2D eigenvalue weighted by molar-refractivity contribution is -0.132. The Hall–Kier alpha value is -0.910. The van der Waals surface area contributed by atoms with Gasteiger partial charge in [0.1, 0.15) is 0 Å². The molecule has 0 saturated heterocycles. The maximum absolute atomic E-state index is 12.1. The highest BCUT2D eigenvalue weighted by Crippen LogP contribution is 2.13. The highest BCUT2D eigenvalue weighted by molar-refractivity contribution is 9.10. The monoisotopic (exact) mass is 328 g/mol. The first-order valence-electron chi connectivity index (χ1n) is 6.28. The molecule has 1 unspecified atom stereocenters. The van der Waals surface area contributed by atoms with Crippen LogP contribution in [0.5, 0.6) is 0 Å². The molecule has 1 aromatic carbocycles. The van der Waals surface area contributed by atoms with Gasteiger partial charge < -0.3 is 15.4 Å². The molecule has 0 saturated carbocycles.